The van der Waals surface area contributed by atoms with E-state index in [2.05, 4.69) is 9.97 Å². The molecular formula is C22H20ClN3O. The van der Waals surface area contributed by atoms with Crippen LogP contribution in [0.15, 0.2) is 67.0 Å². The number of likely N-dealkylation sites (tertiary alicyclic amines) is 1. The maximum Gasteiger partial charge on any atom is 0.253 e. The summed E-state index contributed by atoms with van der Waals surface area (Å²) in [5, 5.41) is 0.675. The van der Waals surface area contributed by atoms with Gasteiger partial charge in [-0.25, -0.2) is 0 Å². The Kier molecular flexibility index (Phi) is 5.16. The third-order valence-corrected chi connectivity index (χ3v) is 5.18. The number of hydrogen-bond acceptors (Lipinski definition) is 3. The zero-order valence-corrected chi connectivity index (χ0v) is 15.6. The lowest BCUT2D eigenvalue weighted by Gasteiger charge is -2.33. The average molecular weight is 378 g/mol. The maximum absolute atomic E-state index is 12.8. The Morgan fingerprint density at radius 1 is 1.04 bits per heavy atom. The highest BCUT2D eigenvalue weighted by Gasteiger charge is 2.28. The Balaban J connectivity index is 1.62. The van der Waals surface area contributed by atoms with Crippen molar-refractivity contribution in [2.24, 2.45) is 0 Å². The summed E-state index contributed by atoms with van der Waals surface area (Å²) < 4.78 is 0. The lowest BCUT2D eigenvalue weighted by molar-refractivity contribution is 0.0706. The van der Waals surface area contributed by atoms with E-state index in [-0.39, 0.29) is 11.8 Å². The van der Waals surface area contributed by atoms with Crippen molar-refractivity contribution in [3.63, 3.8) is 0 Å². The smallest absolute Gasteiger partial charge is 0.253 e. The fourth-order valence-corrected chi connectivity index (χ4v) is 3.84. The van der Waals surface area contributed by atoms with Gasteiger partial charge in [-0.15, -0.1) is 0 Å². The summed E-state index contributed by atoms with van der Waals surface area (Å²) in [5.41, 5.74) is 3.47. The molecule has 27 heavy (non-hydrogen) atoms. The van der Waals surface area contributed by atoms with Crippen LogP contribution < -0.4 is 0 Å². The predicted molar refractivity (Wildman–Crippen MR) is 107 cm³/mol. The average Bonchev–Trinajstić information content (AvgIpc) is 2.74. The Labute approximate surface area is 163 Å². The van der Waals surface area contributed by atoms with E-state index < -0.39 is 0 Å². The fourth-order valence-electron chi connectivity index (χ4n) is 3.65. The molecule has 3 aromatic rings. The number of aromatic nitrogens is 2. The van der Waals surface area contributed by atoms with Gasteiger partial charge in [0.2, 0.25) is 0 Å². The summed E-state index contributed by atoms with van der Waals surface area (Å²) in [6.45, 7) is 1.43. The van der Waals surface area contributed by atoms with Crippen molar-refractivity contribution in [1.82, 2.24) is 14.9 Å². The van der Waals surface area contributed by atoms with Crippen LogP contribution in [0.1, 0.15) is 34.8 Å². The van der Waals surface area contributed by atoms with Crippen LogP contribution in [-0.4, -0.2) is 33.9 Å². The van der Waals surface area contributed by atoms with Gasteiger partial charge >= 0.3 is 0 Å². The summed E-state index contributed by atoms with van der Waals surface area (Å²) >= 11 is 6.16. The molecule has 0 saturated carbocycles. The third-order valence-electron chi connectivity index (χ3n) is 4.94. The monoisotopic (exact) mass is 377 g/mol. The summed E-state index contributed by atoms with van der Waals surface area (Å²) in [6.07, 6.45) is 5.37. The van der Waals surface area contributed by atoms with Gasteiger partial charge in [0.05, 0.1) is 11.4 Å². The fraction of sp³-hybridized carbons (Fsp3) is 0.227. The van der Waals surface area contributed by atoms with Crippen molar-refractivity contribution < 1.29 is 4.79 Å². The van der Waals surface area contributed by atoms with Crippen LogP contribution in [0.5, 0.6) is 0 Å². The number of nitrogens with zero attached hydrogens (tertiary/aromatic N) is 3. The van der Waals surface area contributed by atoms with Crippen molar-refractivity contribution in [3.8, 4) is 11.3 Å². The maximum atomic E-state index is 12.8. The van der Waals surface area contributed by atoms with E-state index >= 15 is 0 Å². The summed E-state index contributed by atoms with van der Waals surface area (Å²) in [5.74, 6) is 0.239. The standard InChI is InChI=1S/C22H20ClN3O/c23-19-10-4-8-17(14-19)20-21(25-12-11-24-20)18-9-5-13-26(15-18)22(27)16-6-2-1-3-7-16/h1-4,6-8,10-12,14,18H,5,9,13,15H2/t18-/m0/s1. The molecule has 1 fully saturated rings. The van der Waals surface area contributed by atoms with Gasteiger partial charge in [0.1, 0.15) is 0 Å². The molecule has 1 aromatic heterocycles. The minimum absolute atomic E-state index is 0.0773. The van der Waals surface area contributed by atoms with Crippen LogP contribution in [0.25, 0.3) is 11.3 Å². The van der Waals surface area contributed by atoms with Crippen molar-refractivity contribution in [2.45, 2.75) is 18.8 Å². The minimum atomic E-state index is 0.0773. The first-order chi connectivity index (χ1) is 13.2. The molecule has 1 aliphatic heterocycles. The minimum Gasteiger partial charge on any atom is -0.338 e. The quantitative estimate of drug-likeness (QED) is 0.657. The van der Waals surface area contributed by atoms with Crippen LogP contribution >= 0.6 is 11.6 Å². The van der Waals surface area contributed by atoms with Crippen molar-refractivity contribution in [1.29, 1.82) is 0 Å². The Morgan fingerprint density at radius 3 is 2.67 bits per heavy atom. The molecule has 0 bridgehead atoms. The van der Waals surface area contributed by atoms with Gasteiger partial charge < -0.3 is 4.90 Å². The van der Waals surface area contributed by atoms with E-state index in [9.17, 15) is 4.79 Å². The molecule has 1 amide bonds. The number of piperidine rings is 1. The number of halogens is 1. The van der Waals surface area contributed by atoms with Crippen molar-refractivity contribution >= 4 is 17.5 Å². The van der Waals surface area contributed by atoms with Gasteiger partial charge in [-0.1, -0.05) is 41.9 Å². The SMILES string of the molecule is O=C(c1ccccc1)N1CCC[C@H](c2nccnc2-c2cccc(Cl)c2)C1. The summed E-state index contributed by atoms with van der Waals surface area (Å²) in [7, 11) is 0. The molecule has 0 N–H and O–H groups in total. The third kappa shape index (κ3) is 3.86. The van der Waals surface area contributed by atoms with E-state index in [0.29, 0.717) is 11.6 Å². The Hall–Kier alpha value is -2.72. The highest BCUT2D eigenvalue weighted by atomic mass is 35.5. The normalized spacial score (nSPS) is 16.9. The molecule has 4 rings (SSSR count). The van der Waals surface area contributed by atoms with Crippen LogP contribution in [0.3, 0.4) is 0 Å². The number of carbonyl (C=O) groups excluding carboxylic acids is 1. The first-order valence-electron chi connectivity index (χ1n) is 9.13. The number of benzene rings is 2. The molecule has 0 unspecified atom stereocenters. The van der Waals surface area contributed by atoms with Crippen LogP contribution in [0, 0.1) is 0 Å². The summed E-state index contributed by atoms with van der Waals surface area (Å²) in [6, 6.07) is 17.1. The van der Waals surface area contributed by atoms with E-state index in [0.717, 1.165) is 41.9 Å². The first kappa shape index (κ1) is 17.7. The lowest BCUT2D eigenvalue weighted by Crippen LogP contribution is -2.39. The van der Waals surface area contributed by atoms with Crippen molar-refractivity contribution in [2.75, 3.05) is 13.1 Å². The second-order valence-corrected chi connectivity index (χ2v) is 7.19. The number of carbonyl (C=O) groups is 1. The van der Waals surface area contributed by atoms with E-state index in [1.807, 2.05) is 59.5 Å². The van der Waals surface area contributed by atoms with E-state index in [1.54, 1.807) is 12.4 Å². The van der Waals surface area contributed by atoms with Gasteiger partial charge in [0.25, 0.3) is 5.91 Å². The van der Waals surface area contributed by atoms with E-state index in [1.165, 1.54) is 0 Å². The van der Waals surface area contributed by atoms with Gasteiger partial charge in [-0.05, 0) is 37.1 Å². The zero-order valence-electron chi connectivity index (χ0n) is 14.9. The Bertz CT molecular complexity index is 945. The molecule has 1 aliphatic rings. The van der Waals surface area contributed by atoms with Gasteiger partial charge in [-0.3, -0.25) is 14.8 Å². The topological polar surface area (TPSA) is 46.1 Å². The zero-order chi connectivity index (χ0) is 18.6. The highest BCUT2D eigenvalue weighted by Crippen LogP contribution is 2.33. The number of rotatable bonds is 3. The number of amides is 1. The Morgan fingerprint density at radius 2 is 1.85 bits per heavy atom. The largest absolute Gasteiger partial charge is 0.338 e. The van der Waals surface area contributed by atoms with Crippen LogP contribution in [0.2, 0.25) is 5.02 Å². The summed E-state index contributed by atoms with van der Waals surface area (Å²) in [4.78, 5) is 24.0. The molecule has 4 nitrogen and oxygen atoms in total. The second kappa shape index (κ2) is 7.89. The van der Waals surface area contributed by atoms with Gasteiger partial charge in [0, 0.05) is 47.6 Å². The first-order valence-corrected chi connectivity index (χ1v) is 9.51. The van der Waals surface area contributed by atoms with Crippen molar-refractivity contribution in [3.05, 3.63) is 83.3 Å². The van der Waals surface area contributed by atoms with Crippen LogP contribution in [-0.2, 0) is 0 Å². The lowest BCUT2D eigenvalue weighted by atomic mass is 9.91. The van der Waals surface area contributed by atoms with E-state index in [4.69, 9.17) is 11.6 Å². The molecular weight excluding hydrogens is 358 g/mol. The van der Waals surface area contributed by atoms with Gasteiger partial charge in [-0.2, -0.15) is 0 Å². The second-order valence-electron chi connectivity index (χ2n) is 6.76. The van der Waals surface area contributed by atoms with Gasteiger partial charge in [0.15, 0.2) is 0 Å². The molecule has 2 aromatic carbocycles. The molecule has 136 valence electrons. The number of hydrogen-bond donors (Lipinski definition) is 0. The molecule has 0 radical (unpaired) electrons. The highest BCUT2D eigenvalue weighted by molar-refractivity contribution is 6.30. The predicted octanol–water partition coefficient (Wildman–Crippen LogP) is 4.82. The van der Waals surface area contributed by atoms with Crippen LogP contribution in [0.4, 0.5) is 0 Å². The molecule has 5 heteroatoms. The molecule has 0 aliphatic carbocycles. The molecule has 1 saturated heterocycles. The molecule has 2 heterocycles. The molecule has 0 spiro atoms. The molecule has 1 atom stereocenters.